The number of carbonyl (C=O) groups excluding carboxylic acids is 3. The lowest BCUT2D eigenvalue weighted by molar-refractivity contribution is -0.151. The zero-order chi connectivity index (χ0) is 32.7. The number of amides is 3. The maximum absolute atomic E-state index is 13.8. The van der Waals surface area contributed by atoms with Crippen LogP contribution in [0.3, 0.4) is 0 Å². The summed E-state index contributed by atoms with van der Waals surface area (Å²) in [5, 5.41) is 0. The quantitative estimate of drug-likeness (QED) is 0.362. The number of methoxy groups -OCH3 is 1. The van der Waals surface area contributed by atoms with Gasteiger partial charge in [0.2, 0.25) is 5.91 Å². The van der Waals surface area contributed by atoms with Crippen LogP contribution in [0.5, 0.6) is 5.75 Å². The van der Waals surface area contributed by atoms with Crippen molar-refractivity contribution in [3.8, 4) is 5.75 Å². The van der Waals surface area contributed by atoms with Crippen molar-refractivity contribution in [3.05, 3.63) is 64.1 Å². The van der Waals surface area contributed by atoms with Gasteiger partial charge >= 0.3 is 11.8 Å². The third kappa shape index (κ3) is 6.29. The summed E-state index contributed by atoms with van der Waals surface area (Å²) in [6, 6.07) is 13.0. The molecule has 1 atom stereocenters. The van der Waals surface area contributed by atoms with Gasteiger partial charge in [0.25, 0.3) is 5.91 Å². The van der Waals surface area contributed by atoms with Crippen LogP contribution < -0.4 is 10.4 Å². The molecule has 2 aromatic carbocycles. The highest BCUT2D eigenvalue weighted by Crippen LogP contribution is 2.37. The number of hydrogen-bond acceptors (Lipinski definition) is 7. The fourth-order valence-electron chi connectivity index (χ4n) is 7.20. The van der Waals surface area contributed by atoms with Gasteiger partial charge in [-0.25, -0.2) is 9.59 Å². The van der Waals surface area contributed by atoms with E-state index in [1.807, 2.05) is 45.0 Å². The van der Waals surface area contributed by atoms with Gasteiger partial charge in [0.05, 0.1) is 24.7 Å². The predicted molar refractivity (Wildman–Crippen MR) is 174 cm³/mol. The van der Waals surface area contributed by atoms with Crippen molar-refractivity contribution in [2.24, 2.45) is 13.0 Å². The third-order valence-corrected chi connectivity index (χ3v) is 9.68. The Kier molecular flexibility index (Phi) is 8.71. The van der Waals surface area contributed by atoms with E-state index in [4.69, 9.17) is 9.47 Å². The fraction of sp³-hybridized carbons (Fsp3) is 0.543. The minimum absolute atomic E-state index is 0.155. The van der Waals surface area contributed by atoms with Gasteiger partial charge in [-0.3, -0.25) is 28.5 Å². The monoisotopic (exact) mass is 631 g/mol. The van der Waals surface area contributed by atoms with Crippen molar-refractivity contribution in [1.29, 1.82) is 0 Å². The molecule has 1 aliphatic carbocycles. The number of benzene rings is 2. The van der Waals surface area contributed by atoms with E-state index in [0.29, 0.717) is 37.2 Å². The van der Waals surface area contributed by atoms with Crippen LogP contribution in [0, 0.1) is 5.92 Å². The summed E-state index contributed by atoms with van der Waals surface area (Å²) in [7, 11) is 3.36. The zero-order valence-electron chi connectivity index (χ0n) is 27.5. The highest BCUT2D eigenvalue weighted by molar-refractivity contribution is 6.00. The van der Waals surface area contributed by atoms with Gasteiger partial charge in [0.1, 0.15) is 17.4 Å². The lowest BCUT2D eigenvalue weighted by atomic mass is 9.75. The molecular weight excluding hydrogens is 586 g/mol. The van der Waals surface area contributed by atoms with Crippen LogP contribution in [-0.4, -0.2) is 86.7 Å². The van der Waals surface area contributed by atoms with Crippen molar-refractivity contribution >= 4 is 28.9 Å². The molecular formula is C35H45N5O6. The summed E-state index contributed by atoms with van der Waals surface area (Å²) >= 11 is 0. The summed E-state index contributed by atoms with van der Waals surface area (Å²) in [6.45, 7) is 8.86. The Labute approximate surface area is 269 Å². The van der Waals surface area contributed by atoms with Crippen LogP contribution in [0.15, 0.2) is 47.3 Å². The molecule has 3 fully saturated rings. The minimum Gasteiger partial charge on any atom is -0.497 e. The minimum atomic E-state index is -0.741. The van der Waals surface area contributed by atoms with Crippen LogP contribution in [0.4, 0.5) is 4.79 Å². The molecule has 46 heavy (non-hydrogen) atoms. The molecule has 6 rings (SSSR count). The van der Waals surface area contributed by atoms with Crippen LogP contribution in [0.2, 0.25) is 0 Å². The molecule has 3 aliphatic rings. The number of hydrogen-bond donors (Lipinski definition) is 0. The number of aryl methyl sites for hydroxylation is 1. The van der Waals surface area contributed by atoms with Crippen molar-refractivity contribution in [1.82, 2.24) is 23.8 Å². The van der Waals surface area contributed by atoms with Gasteiger partial charge in [0.15, 0.2) is 0 Å². The molecule has 11 heteroatoms. The molecule has 0 radical (unpaired) electrons. The van der Waals surface area contributed by atoms with E-state index in [2.05, 4.69) is 11.0 Å². The first-order valence-electron chi connectivity index (χ1n) is 16.3. The number of aromatic nitrogens is 2. The topological polar surface area (TPSA) is 106 Å². The molecule has 1 unspecified atom stereocenters. The normalized spacial score (nSPS) is 22.7. The largest absolute Gasteiger partial charge is 0.497 e. The van der Waals surface area contributed by atoms with Gasteiger partial charge in [-0.2, -0.15) is 0 Å². The summed E-state index contributed by atoms with van der Waals surface area (Å²) < 4.78 is 14.0. The lowest BCUT2D eigenvalue weighted by Gasteiger charge is -2.46. The molecule has 0 spiro atoms. The Morgan fingerprint density at radius 3 is 2.30 bits per heavy atom. The number of imide groups is 1. The Bertz CT molecular complexity index is 1670. The van der Waals surface area contributed by atoms with Gasteiger partial charge in [-0.15, -0.1) is 0 Å². The van der Waals surface area contributed by atoms with Crippen molar-refractivity contribution in [2.75, 3.05) is 33.3 Å². The van der Waals surface area contributed by atoms with E-state index >= 15 is 0 Å². The Morgan fingerprint density at radius 1 is 0.957 bits per heavy atom. The molecule has 3 aromatic rings. The van der Waals surface area contributed by atoms with Crippen molar-refractivity contribution in [3.63, 3.8) is 0 Å². The van der Waals surface area contributed by atoms with E-state index in [1.165, 1.54) is 4.90 Å². The Balaban J connectivity index is 1.12. The molecule has 3 heterocycles. The molecule has 2 saturated heterocycles. The molecule has 1 saturated carbocycles. The van der Waals surface area contributed by atoms with Gasteiger partial charge in [-0.1, -0.05) is 24.3 Å². The number of para-hydroxylation sites is 1. The molecule has 0 N–H and O–H groups in total. The highest BCUT2D eigenvalue weighted by Gasteiger charge is 2.39. The second-order valence-corrected chi connectivity index (χ2v) is 13.9. The van der Waals surface area contributed by atoms with Gasteiger partial charge in [-0.05, 0) is 81.7 Å². The smallest absolute Gasteiger partial charge is 0.410 e. The first-order valence-corrected chi connectivity index (χ1v) is 16.3. The van der Waals surface area contributed by atoms with Crippen LogP contribution in [0.25, 0.3) is 11.0 Å². The van der Waals surface area contributed by atoms with E-state index in [-0.39, 0.29) is 36.6 Å². The van der Waals surface area contributed by atoms with E-state index < -0.39 is 11.6 Å². The second kappa shape index (κ2) is 12.6. The number of imidazole rings is 1. The molecule has 2 aliphatic heterocycles. The number of ether oxygens (including phenoxy) is 2. The van der Waals surface area contributed by atoms with Crippen molar-refractivity contribution < 1.29 is 23.9 Å². The average molecular weight is 632 g/mol. The van der Waals surface area contributed by atoms with Crippen LogP contribution in [-0.2, 0) is 34.3 Å². The van der Waals surface area contributed by atoms with Gasteiger partial charge < -0.3 is 14.4 Å². The number of carbonyl (C=O) groups is 3. The number of piperazine rings is 1. The second-order valence-electron chi connectivity index (χ2n) is 13.9. The summed E-state index contributed by atoms with van der Waals surface area (Å²) in [4.78, 5) is 58.4. The van der Waals surface area contributed by atoms with E-state index in [1.54, 1.807) is 40.3 Å². The fourth-order valence-corrected chi connectivity index (χ4v) is 7.20. The number of rotatable bonds is 7. The summed E-state index contributed by atoms with van der Waals surface area (Å²) in [5.74, 6) is 0.621. The van der Waals surface area contributed by atoms with E-state index in [9.17, 15) is 19.2 Å². The van der Waals surface area contributed by atoms with E-state index in [0.717, 1.165) is 54.5 Å². The van der Waals surface area contributed by atoms with Crippen molar-refractivity contribution in [2.45, 2.75) is 77.1 Å². The SMILES string of the molecule is COc1ccc(CN2C(=O)CCC(n3c(=O)n(C)c4c(CC5CC(N6CCN(C(=O)OC(C)(C)C)CC6)C5)cccc43)C2=O)cc1. The van der Waals surface area contributed by atoms with Crippen LogP contribution >= 0.6 is 0 Å². The maximum atomic E-state index is 13.8. The average Bonchev–Trinajstić information content (AvgIpc) is 3.26. The van der Waals surface area contributed by atoms with Gasteiger partial charge in [0, 0.05) is 45.7 Å². The number of fused-ring (bicyclic) bond motifs is 1. The highest BCUT2D eigenvalue weighted by atomic mass is 16.6. The third-order valence-electron chi connectivity index (χ3n) is 9.68. The standard InChI is InChI=1S/C35H45N5O6/c1-35(2,3)46-34(44)38-17-15-37(16-18-38)26-20-24(21-26)19-25-7-6-8-28-31(25)36(4)33(43)40(28)29-13-14-30(41)39(32(29)42)22-23-9-11-27(45-5)12-10-23/h6-12,24,26,29H,13-22H2,1-5H3. The molecule has 1 aromatic heterocycles. The molecule has 11 nitrogen and oxygen atoms in total. The Hall–Kier alpha value is -4.12. The summed E-state index contributed by atoms with van der Waals surface area (Å²) in [5.41, 5.74) is 2.77. The molecule has 246 valence electrons. The summed E-state index contributed by atoms with van der Waals surface area (Å²) in [6.07, 6.45) is 3.25. The number of likely N-dealkylation sites (tertiary alicyclic amines) is 1. The van der Waals surface area contributed by atoms with Crippen LogP contribution in [0.1, 0.15) is 63.6 Å². The number of piperidine rings is 1. The zero-order valence-corrected chi connectivity index (χ0v) is 27.5. The predicted octanol–water partition coefficient (Wildman–Crippen LogP) is 4.11. The molecule has 0 bridgehead atoms. The number of nitrogens with zero attached hydrogens (tertiary/aromatic N) is 5. The first kappa shape index (κ1) is 31.8. The Morgan fingerprint density at radius 2 is 1.65 bits per heavy atom. The lowest BCUT2D eigenvalue weighted by Crippen LogP contribution is -2.55. The first-order chi connectivity index (χ1) is 21.9. The maximum Gasteiger partial charge on any atom is 0.410 e. The molecule has 3 amide bonds.